The molecular formula is C19H24F3N3O6S2. The van der Waals surface area contributed by atoms with Gasteiger partial charge in [-0.3, -0.25) is 9.79 Å². The standard InChI is InChI=1S/C19H24F3N3O6S2/c1-3-32(28,29)13-7-12(19(20,21)22)8-14(9-13)33(30,31)25(2)17-6-4-5-16(15(17)10-23)24-11-18(26)27/h7-10,15,17,23H,3-6,11H2,1-2H3,(H,26,27). The van der Waals surface area contributed by atoms with Crippen molar-refractivity contribution in [1.29, 1.82) is 5.41 Å². The Kier molecular flexibility index (Phi) is 8.07. The first-order valence-electron chi connectivity index (χ1n) is 9.83. The molecule has 0 aliphatic heterocycles. The number of carboxylic acids is 1. The van der Waals surface area contributed by atoms with E-state index in [9.17, 15) is 34.8 Å². The molecule has 1 aromatic rings. The van der Waals surface area contributed by atoms with E-state index in [1.807, 2.05) is 0 Å². The van der Waals surface area contributed by atoms with E-state index in [0.717, 1.165) is 17.6 Å². The molecule has 2 atom stereocenters. The second-order valence-corrected chi connectivity index (χ2v) is 11.7. The third-order valence-corrected chi connectivity index (χ3v) is 8.99. The lowest BCUT2D eigenvalue weighted by Gasteiger charge is -2.36. The van der Waals surface area contributed by atoms with Crippen LogP contribution in [0.2, 0.25) is 0 Å². The van der Waals surface area contributed by atoms with Crippen LogP contribution >= 0.6 is 0 Å². The van der Waals surface area contributed by atoms with Gasteiger partial charge in [0.25, 0.3) is 0 Å². The van der Waals surface area contributed by atoms with Gasteiger partial charge in [-0.2, -0.15) is 17.5 Å². The average Bonchev–Trinajstić information content (AvgIpc) is 2.75. The van der Waals surface area contributed by atoms with Crippen LogP contribution < -0.4 is 0 Å². The zero-order chi connectivity index (χ0) is 25.2. The second-order valence-electron chi connectivity index (χ2n) is 7.47. The molecule has 0 spiro atoms. The maximum atomic E-state index is 13.4. The van der Waals surface area contributed by atoms with E-state index in [1.54, 1.807) is 0 Å². The number of aliphatic carboxylic acids is 1. The van der Waals surface area contributed by atoms with Gasteiger partial charge in [0.05, 0.1) is 21.1 Å². The minimum Gasteiger partial charge on any atom is -0.480 e. The SMILES string of the molecule is CCS(=O)(=O)c1cc(C(F)(F)F)cc(S(=O)(=O)N(C)C2CCCC(=NCC(=O)O)C2C=N)c1. The van der Waals surface area contributed by atoms with Gasteiger partial charge < -0.3 is 10.5 Å². The Morgan fingerprint density at radius 2 is 1.85 bits per heavy atom. The molecule has 2 unspecified atom stereocenters. The summed E-state index contributed by atoms with van der Waals surface area (Å²) in [6.45, 7) is 0.666. The lowest BCUT2D eigenvalue weighted by atomic mass is 9.83. The first-order valence-corrected chi connectivity index (χ1v) is 12.9. The number of aliphatic imine (C=N–C) groups is 1. The predicted molar refractivity (Wildman–Crippen MR) is 114 cm³/mol. The summed E-state index contributed by atoms with van der Waals surface area (Å²) in [5.41, 5.74) is -1.11. The van der Waals surface area contributed by atoms with Crippen molar-refractivity contribution in [3.8, 4) is 0 Å². The fourth-order valence-corrected chi connectivity index (χ4v) is 6.10. The van der Waals surface area contributed by atoms with Crippen molar-refractivity contribution in [3.63, 3.8) is 0 Å². The first-order chi connectivity index (χ1) is 15.1. The van der Waals surface area contributed by atoms with Crippen LogP contribution in [0, 0.1) is 11.3 Å². The molecule has 184 valence electrons. The topological polar surface area (TPSA) is 145 Å². The number of hydrogen-bond donors (Lipinski definition) is 2. The highest BCUT2D eigenvalue weighted by Gasteiger charge is 2.39. The smallest absolute Gasteiger partial charge is 0.416 e. The summed E-state index contributed by atoms with van der Waals surface area (Å²) in [7, 11) is -7.63. The number of nitrogens with one attached hydrogen (secondary N) is 1. The molecule has 2 rings (SSSR count). The summed E-state index contributed by atoms with van der Waals surface area (Å²) >= 11 is 0. The highest BCUT2D eigenvalue weighted by molar-refractivity contribution is 7.91. The first kappa shape index (κ1) is 26.9. The van der Waals surface area contributed by atoms with Crippen molar-refractivity contribution in [2.75, 3.05) is 19.3 Å². The Hall–Kier alpha value is -2.32. The van der Waals surface area contributed by atoms with Gasteiger partial charge in [-0.05, 0) is 37.5 Å². The van der Waals surface area contributed by atoms with Crippen LogP contribution in [0.3, 0.4) is 0 Å². The number of halogens is 3. The molecule has 0 bridgehead atoms. The molecule has 0 saturated heterocycles. The largest absolute Gasteiger partial charge is 0.480 e. The highest BCUT2D eigenvalue weighted by Crippen LogP contribution is 2.35. The molecule has 0 amide bonds. The maximum absolute atomic E-state index is 13.4. The molecule has 14 heteroatoms. The summed E-state index contributed by atoms with van der Waals surface area (Å²) < 4.78 is 92.0. The van der Waals surface area contributed by atoms with Gasteiger partial charge in [0.2, 0.25) is 10.0 Å². The zero-order valence-corrected chi connectivity index (χ0v) is 19.5. The van der Waals surface area contributed by atoms with Crippen molar-refractivity contribution in [2.24, 2.45) is 10.9 Å². The van der Waals surface area contributed by atoms with E-state index in [4.69, 9.17) is 10.5 Å². The summed E-state index contributed by atoms with van der Waals surface area (Å²) in [6.07, 6.45) is -3.04. The molecule has 1 aliphatic carbocycles. The lowest BCUT2D eigenvalue weighted by molar-refractivity contribution is -0.138. The molecule has 9 nitrogen and oxygen atoms in total. The number of benzene rings is 1. The van der Waals surface area contributed by atoms with Gasteiger partial charge in [0.15, 0.2) is 9.84 Å². The van der Waals surface area contributed by atoms with Gasteiger partial charge in [-0.15, -0.1) is 0 Å². The third-order valence-electron chi connectivity index (χ3n) is 5.42. The Morgan fingerprint density at radius 3 is 2.36 bits per heavy atom. The summed E-state index contributed by atoms with van der Waals surface area (Å²) in [5.74, 6) is -2.60. The molecule has 0 aromatic heterocycles. The summed E-state index contributed by atoms with van der Waals surface area (Å²) in [6, 6.07) is 0.564. The number of nitrogens with zero attached hydrogens (tertiary/aromatic N) is 2. The molecule has 1 aliphatic rings. The van der Waals surface area contributed by atoms with Gasteiger partial charge in [0, 0.05) is 30.9 Å². The van der Waals surface area contributed by atoms with Crippen molar-refractivity contribution < 1.29 is 39.9 Å². The van der Waals surface area contributed by atoms with Gasteiger partial charge in [-0.25, -0.2) is 16.8 Å². The van der Waals surface area contributed by atoms with E-state index in [2.05, 4.69) is 4.99 Å². The van der Waals surface area contributed by atoms with Crippen LogP contribution in [-0.4, -0.2) is 69.5 Å². The minimum atomic E-state index is -4.99. The van der Waals surface area contributed by atoms with Crippen LogP contribution in [0.4, 0.5) is 13.2 Å². The highest BCUT2D eigenvalue weighted by atomic mass is 32.2. The van der Waals surface area contributed by atoms with Crippen molar-refractivity contribution in [2.45, 2.75) is 48.2 Å². The van der Waals surface area contributed by atoms with Crippen molar-refractivity contribution in [1.82, 2.24) is 4.31 Å². The van der Waals surface area contributed by atoms with E-state index in [1.165, 1.54) is 6.92 Å². The number of carboxylic acid groups (broad SMARTS) is 1. The second kappa shape index (κ2) is 9.89. The fourth-order valence-electron chi connectivity index (χ4n) is 3.60. The Balaban J connectivity index is 2.58. The summed E-state index contributed by atoms with van der Waals surface area (Å²) in [4.78, 5) is 13.2. The Labute approximate surface area is 189 Å². The monoisotopic (exact) mass is 511 g/mol. The molecular weight excluding hydrogens is 487 g/mol. The number of carbonyl (C=O) groups is 1. The molecule has 33 heavy (non-hydrogen) atoms. The van der Waals surface area contributed by atoms with Crippen LogP contribution in [0.5, 0.6) is 0 Å². The molecule has 2 N–H and O–H groups in total. The predicted octanol–water partition coefficient (Wildman–Crippen LogP) is 2.46. The van der Waals surface area contributed by atoms with Crippen LogP contribution in [0.1, 0.15) is 31.7 Å². The molecule has 1 fully saturated rings. The quantitative estimate of drug-likeness (QED) is 0.513. The number of sulfone groups is 1. The number of rotatable bonds is 8. The van der Waals surface area contributed by atoms with Gasteiger partial charge >= 0.3 is 12.1 Å². The molecule has 0 radical (unpaired) electrons. The number of alkyl halides is 3. The van der Waals surface area contributed by atoms with Crippen LogP contribution in [0.15, 0.2) is 33.0 Å². The summed E-state index contributed by atoms with van der Waals surface area (Å²) in [5, 5.41) is 16.5. The van der Waals surface area contributed by atoms with Crippen molar-refractivity contribution in [3.05, 3.63) is 23.8 Å². The molecule has 0 heterocycles. The normalized spacial score (nSPS) is 21.3. The minimum absolute atomic E-state index is 0.251. The van der Waals surface area contributed by atoms with Crippen molar-refractivity contribution >= 4 is 37.8 Å². The van der Waals surface area contributed by atoms with Crippen LogP contribution in [-0.2, 0) is 30.8 Å². The number of hydrogen-bond acceptors (Lipinski definition) is 7. The lowest BCUT2D eigenvalue weighted by Crippen LogP contribution is -2.47. The van der Waals surface area contributed by atoms with Crippen LogP contribution in [0.25, 0.3) is 0 Å². The maximum Gasteiger partial charge on any atom is 0.416 e. The van der Waals surface area contributed by atoms with E-state index in [0.29, 0.717) is 36.8 Å². The Morgan fingerprint density at radius 1 is 1.24 bits per heavy atom. The van der Waals surface area contributed by atoms with E-state index < -0.39 is 71.6 Å². The molecule has 1 aromatic carbocycles. The zero-order valence-electron chi connectivity index (χ0n) is 17.8. The van der Waals surface area contributed by atoms with Gasteiger partial charge in [-0.1, -0.05) is 6.92 Å². The van der Waals surface area contributed by atoms with E-state index >= 15 is 0 Å². The third kappa shape index (κ3) is 5.98. The van der Waals surface area contributed by atoms with E-state index in [-0.39, 0.29) is 6.42 Å². The number of sulfonamides is 1. The fraction of sp³-hybridized carbons (Fsp3) is 0.526. The Bertz CT molecular complexity index is 1160. The average molecular weight is 512 g/mol. The van der Waals surface area contributed by atoms with Gasteiger partial charge in [0.1, 0.15) is 6.54 Å². The molecule has 1 saturated carbocycles.